The van der Waals surface area contributed by atoms with E-state index in [1.807, 2.05) is 23.9 Å². The summed E-state index contributed by atoms with van der Waals surface area (Å²) < 4.78 is 32.9. The fourth-order valence-electron chi connectivity index (χ4n) is 4.28. The van der Waals surface area contributed by atoms with Gasteiger partial charge in [-0.2, -0.15) is 11.3 Å². The third kappa shape index (κ3) is 5.35. The van der Waals surface area contributed by atoms with Gasteiger partial charge in [-0.15, -0.1) is 0 Å². The molecule has 2 aromatic carbocycles. The number of piperazine rings is 1. The fraction of sp³-hybridized carbons (Fsp3) is 0.320. The number of methoxy groups -OCH3 is 1. The van der Waals surface area contributed by atoms with Gasteiger partial charge in [0, 0.05) is 50.4 Å². The summed E-state index contributed by atoms with van der Waals surface area (Å²) in [6, 6.07) is 9.30. The Bertz CT molecular complexity index is 1300. The highest BCUT2D eigenvalue weighted by Gasteiger charge is 2.32. The monoisotopic (exact) mass is 515 g/mol. The lowest BCUT2D eigenvalue weighted by molar-refractivity contribution is 0.0692. The molecule has 0 unspecified atom stereocenters. The van der Waals surface area contributed by atoms with Gasteiger partial charge in [0.25, 0.3) is 0 Å². The maximum Gasteiger partial charge on any atom is 0.337 e. The number of hydrogen-bond acceptors (Lipinski definition) is 8. The van der Waals surface area contributed by atoms with Gasteiger partial charge in [-0.3, -0.25) is 4.90 Å². The molecule has 10 heteroatoms. The lowest BCUT2D eigenvalue weighted by Crippen LogP contribution is -2.44. The van der Waals surface area contributed by atoms with Crippen molar-refractivity contribution in [2.75, 3.05) is 46.1 Å². The summed E-state index contributed by atoms with van der Waals surface area (Å²) >= 11 is 1.54. The molecule has 8 nitrogen and oxygen atoms in total. The van der Waals surface area contributed by atoms with Crippen molar-refractivity contribution in [3.8, 4) is 5.75 Å². The molecule has 0 atom stereocenters. The number of rotatable bonds is 8. The number of benzene rings is 2. The Balaban J connectivity index is 1.89. The predicted molar refractivity (Wildman–Crippen MR) is 136 cm³/mol. The Morgan fingerprint density at radius 2 is 1.83 bits per heavy atom. The molecular formula is C25H29N3O5S2. The first kappa shape index (κ1) is 25.2. The number of nitrogen functional groups attached to an aromatic ring is 1. The Labute approximate surface area is 209 Å². The van der Waals surface area contributed by atoms with Gasteiger partial charge in [-0.25, -0.2) is 13.2 Å². The van der Waals surface area contributed by atoms with Crippen LogP contribution in [0.25, 0.3) is 0 Å². The number of thiophene rings is 1. The Morgan fingerprint density at radius 3 is 2.40 bits per heavy atom. The van der Waals surface area contributed by atoms with Gasteiger partial charge in [-0.1, -0.05) is 0 Å². The lowest BCUT2D eigenvalue weighted by Gasteiger charge is -2.33. The molecule has 1 saturated heterocycles. The zero-order valence-electron chi connectivity index (χ0n) is 19.7. The third-order valence-electron chi connectivity index (χ3n) is 6.33. The van der Waals surface area contributed by atoms with E-state index in [1.54, 1.807) is 12.1 Å². The molecule has 0 radical (unpaired) electrons. The molecule has 3 aromatic rings. The summed E-state index contributed by atoms with van der Waals surface area (Å²) in [5, 5.41) is 14.0. The van der Waals surface area contributed by atoms with Crippen molar-refractivity contribution in [1.29, 1.82) is 0 Å². The summed E-state index contributed by atoms with van der Waals surface area (Å²) in [6.45, 7) is 3.38. The van der Waals surface area contributed by atoms with Crippen LogP contribution >= 0.6 is 11.3 Å². The number of sulfone groups is 1. The number of hydrogen-bond donors (Lipinski definition) is 2. The minimum atomic E-state index is -4.18. The quantitative estimate of drug-likeness (QED) is 0.440. The summed E-state index contributed by atoms with van der Waals surface area (Å²) in [4.78, 5) is 16.5. The van der Waals surface area contributed by atoms with Gasteiger partial charge in [0.1, 0.15) is 5.75 Å². The first-order chi connectivity index (χ1) is 16.7. The summed E-state index contributed by atoms with van der Waals surface area (Å²) in [7, 11) is -0.654. The second-order valence-corrected chi connectivity index (χ2v) is 11.3. The molecule has 1 aromatic heterocycles. The Hall–Kier alpha value is -2.92. The van der Waals surface area contributed by atoms with E-state index in [-0.39, 0.29) is 21.9 Å². The molecule has 0 saturated carbocycles. The van der Waals surface area contributed by atoms with Gasteiger partial charge >= 0.3 is 5.97 Å². The molecule has 0 aliphatic carbocycles. The number of anilines is 1. The molecule has 3 N–H and O–H groups in total. The van der Waals surface area contributed by atoms with Crippen LogP contribution in [0.15, 0.2) is 56.9 Å². The largest absolute Gasteiger partial charge is 0.497 e. The van der Waals surface area contributed by atoms with Gasteiger partial charge in [0.15, 0.2) is 0 Å². The number of carbonyl (C=O) groups is 1. The topological polar surface area (TPSA) is 113 Å². The molecule has 186 valence electrons. The van der Waals surface area contributed by atoms with Crippen LogP contribution in [0.5, 0.6) is 5.75 Å². The second kappa shape index (κ2) is 10.4. The lowest BCUT2D eigenvalue weighted by atomic mass is 9.97. The first-order valence-corrected chi connectivity index (χ1v) is 13.6. The SMILES string of the molecule is COc1ccc(S(=O)(=O)c2c(C(=O)O)cc(Cc3ccsc3)c(N)c2CN2CCN(C)CC2)cc1. The van der Waals surface area contributed by atoms with Crippen molar-refractivity contribution in [3.05, 3.63) is 69.4 Å². The number of aromatic carboxylic acids is 1. The van der Waals surface area contributed by atoms with Gasteiger partial charge in [0.05, 0.1) is 22.5 Å². The number of carboxylic acid groups (broad SMARTS) is 1. The van der Waals surface area contributed by atoms with Crippen LogP contribution in [0.1, 0.15) is 27.0 Å². The van der Waals surface area contributed by atoms with E-state index in [9.17, 15) is 18.3 Å². The van der Waals surface area contributed by atoms with Crippen molar-refractivity contribution < 1.29 is 23.1 Å². The third-order valence-corrected chi connectivity index (χ3v) is 8.96. The van der Waals surface area contributed by atoms with E-state index in [0.717, 1.165) is 31.7 Å². The van der Waals surface area contributed by atoms with E-state index < -0.39 is 15.8 Å². The minimum Gasteiger partial charge on any atom is -0.497 e. The molecule has 0 spiro atoms. The summed E-state index contributed by atoms with van der Waals surface area (Å²) in [5.41, 5.74) is 8.64. The molecule has 2 heterocycles. The van der Waals surface area contributed by atoms with Crippen LogP contribution in [-0.4, -0.2) is 69.6 Å². The van der Waals surface area contributed by atoms with Crippen molar-refractivity contribution >= 4 is 32.8 Å². The van der Waals surface area contributed by atoms with Gasteiger partial charge in [0.2, 0.25) is 9.84 Å². The molecule has 1 fully saturated rings. The van der Waals surface area contributed by atoms with Crippen LogP contribution in [0.2, 0.25) is 0 Å². The molecule has 4 rings (SSSR count). The standard InChI is InChI=1S/C25H29N3O5S2/c1-27-8-10-28(11-9-27)15-22-23(26)18(13-17-7-12-34-16-17)14-21(25(29)30)24(22)35(31,32)20-5-3-19(33-2)4-6-20/h3-7,12,14,16H,8-11,13,15,26H2,1-2H3,(H,29,30). The number of ether oxygens (including phenoxy) is 1. The average Bonchev–Trinajstić information content (AvgIpc) is 3.35. The van der Waals surface area contributed by atoms with E-state index in [0.29, 0.717) is 29.0 Å². The number of likely N-dealkylation sites (N-methyl/N-ethyl adjacent to an activating group) is 1. The molecule has 0 amide bonds. The van der Waals surface area contributed by atoms with Crippen molar-refractivity contribution in [3.63, 3.8) is 0 Å². The van der Waals surface area contributed by atoms with Crippen molar-refractivity contribution in [2.24, 2.45) is 0 Å². The summed E-state index contributed by atoms with van der Waals surface area (Å²) in [6.07, 6.45) is 0.425. The average molecular weight is 516 g/mol. The smallest absolute Gasteiger partial charge is 0.337 e. The van der Waals surface area contributed by atoms with Gasteiger partial charge in [-0.05, 0) is 65.3 Å². The van der Waals surface area contributed by atoms with Gasteiger partial charge < -0.3 is 20.5 Å². The summed E-state index contributed by atoms with van der Waals surface area (Å²) in [5.74, 6) is -0.797. The highest BCUT2D eigenvalue weighted by atomic mass is 32.2. The Morgan fingerprint density at radius 1 is 1.14 bits per heavy atom. The van der Waals surface area contributed by atoms with E-state index >= 15 is 0 Å². The zero-order valence-corrected chi connectivity index (χ0v) is 21.4. The van der Waals surface area contributed by atoms with E-state index in [4.69, 9.17) is 10.5 Å². The predicted octanol–water partition coefficient (Wildman–Crippen LogP) is 3.21. The van der Waals surface area contributed by atoms with Crippen molar-refractivity contribution in [1.82, 2.24) is 9.80 Å². The van der Waals surface area contributed by atoms with Crippen LogP contribution in [0.4, 0.5) is 5.69 Å². The van der Waals surface area contributed by atoms with Crippen LogP contribution in [0.3, 0.4) is 0 Å². The van der Waals surface area contributed by atoms with Crippen LogP contribution in [0, 0.1) is 0 Å². The van der Waals surface area contributed by atoms with E-state index in [1.165, 1.54) is 36.6 Å². The zero-order chi connectivity index (χ0) is 25.2. The highest BCUT2D eigenvalue weighted by Crippen LogP contribution is 2.36. The number of carboxylic acids is 1. The van der Waals surface area contributed by atoms with Crippen molar-refractivity contribution in [2.45, 2.75) is 22.8 Å². The normalized spacial score (nSPS) is 15.3. The van der Waals surface area contributed by atoms with Crippen LogP contribution < -0.4 is 10.5 Å². The number of nitrogens with zero attached hydrogens (tertiary/aromatic N) is 2. The maximum absolute atomic E-state index is 13.9. The van der Waals surface area contributed by atoms with E-state index in [2.05, 4.69) is 9.80 Å². The number of nitrogens with two attached hydrogens (primary N) is 1. The fourth-order valence-corrected chi connectivity index (χ4v) is 6.61. The molecule has 1 aliphatic heterocycles. The minimum absolute atomic E-state index is 0.00888. The first-order valence-electron chi connectivity index (χ1n) is 11.2. The molecule has 1 aliphatic rings. The maximum atomic E-state index is 13.9. The molecular weight excluding hydrogens is 486 g/mol. The molecule has 0 bridgehead atoms. The Kier molecular flexibility index (Phi) is 7.46. The molecule has 35 heavy (non-hydrogen) atoms. The second-order valence-electron chi connectivity index (χ2n) is 8.68. The van der Waals surface area contributed by atoms with Crippen LogP contribution in [-0.2, 0) is 22.8 Å². The highest BCUT2D eigenvalue weighted by molar-refractivity contribution is 7.91.